The molecule has 0 atom stereocenters. The summed E-state index contributed by atoms with van der Waals surface area (Å²) in [5.74, 6) is -0.271. The SMILES string of the molecule is COc1ncc(-n2ccc(Oc3ccc(N)cc3F)n2)cn1. The van der Waals surface area contributed by atoms with Crippen molar-refractivity contribution in [1.29, 1.82) is 0 Å². The number of ether oxygens (including phenoxy) is 2. The van der Waals surface area contributed by atoms with Crippen LogP contribution in [0.15, 0.2) is 42.9 Å². The minimum atomic E-state index is -0.553. The molecule has 0 fully saturated rings. The van der Waals surface area contributed by atoms with E-state index < -0.39 is 5.82 Å². The average Bonchev–Trinajstić information content (AvgIpc) is 2.99. The number of methoxy groups -OCH3 is 1. The molecule has 0 unspecified atom stereocenters. The second-order valence-electron chi connectivity index (χ2n) is 4.32. The highest BCUT2D eigenvalue weighted by Crippen LogP contribution is 2.25. The predicted octanol–water partition coefficient (Wildman–Crippen LogP) is 2.18. The van der Waals surface area contributed by atoms with E-state index in [2.05, 4.69) is 15.1 Å². The van der Waals surface area contributed by atoms with Crippen molar-refractivity contribution < 1.29 is 13.9 Å². The first-order valence-corrected chi connectivity index (χ1v) is 6.30. The van der Waals surface area contributed by atoms with E-state index in [1.807, 2.05) is 0 Å². The molecule has 0 radical (unpaired) electrons. The maximum absolute atomic E-state index is 13.7. The Bertz CT molecular complexity index is 788. The molecule has 2 N–H and O–H groups in total. The highest BCUT2D eigenvalue weighted by atomic mass is 19.1. The van der Waals surface area contributed by atoms with Gasteiger partial charge in [-0.15, -0.1) is 5.10 Å². The fraction of sp³-hybridized carbons (Fsp3) is 0.0714. The summed E-state index contributed by atoms with van der Waals surface area (Å²) in [6.07, 6.45) is 4.74. The van der Waals surface area contributed by atoms with Crippen molar-refractivity contribution in [2.24, 2.45) is 0 Å². The lowest BCUT2D eigenvalue weighted by atomic mass is 10.3. The molecule has 0 aliphatic rings. The minimum Gasteiger partial charge on any atom is -0.467 e. The van der Waals surface area contributed by atoms with Crippen molar-refractivity contribution in [3.05, 3.63) is 48.7 Å². The van der Waals surface area contributed by atoms with Crippen LogP contribution in [-0.4, -0.2) is 26.9 Å². The summed E-state index contributed by atoms with van der Waals surface area (Å²) in [7, 11) is 1.48. The lowest BCUT2D eigenvalue weighted by Gasteiger charge is -2.04. The van der Waals surface area contributed by atoms with Gasteiger partial charge in [0.05, 0.1) is 19.5 Å². The third-order valence-electron chi connectivity index (χ3n) is 2.80. The molecule has 22 heavy (non-hydrogen) atoms. The zero-order chi connectivity index (χ0) is 15.5. The van der Waals surface area contributed by atoms with Gasteiger partial charge >= 0.3 is 6.01 Å². The number of aromatic nitrogens is 4. The molecule has 1 aromatic carbocycles. The summed E-state index contributed by atoms with van der Waals surface area (Å²) in [6, 6.07) is 6.03. The van der Waals surface area contributed by atoms with Crippen LogP contribution >= 0.6 is 0 Å². The van der Waals surface area contributed by atoms with Crippen LogP contribution in [0.3, 0.4) is 0 Å². The number of nitrogen functional groups attached to an aromatic ring is 1. The fourth-order valence-corrected chi connectivity index (χ4v) is 1.75. The standard InChI is InChI=1S/C14H12FN5O2/c1-21-14-17-7-10(8-18-14)20-5-4-13(19-20)22-12-3-2-9(16)6-11(12)15/h2-8H,16H2,1H3. The first kappa shape index (κ1) is 13.8. The summed E-state index contributed by atoms with van der Waals surface area (Å²) in [5.41, 5.74) is 6.43. The molecule has 7 nitrogen and oxygen atoms in total. The maximum Gasteiger partial charge on any atom is 0.316 e. The number of nitrogens with zero attached hydrogens (tertiary/aromatic N) is 4. The van der Waals surface area contributed by atoms with Crippen molar-refractivity contribution in [3.63, 3.8) is 0 Å². The van der Waals surface area contributed by atoms with Gasteiger partial charge in [0.2, 0.25) is 5.88 Å². The normalized spacial score (nSPS) is 10.5. The van der Waals surface area contributed by atoms with Gasteiger partial charge in [0.1, 0.15) is 5.69 Å². The Morgan fingerprint density at radius 3 is 2.64 bits per heavy atom. The third kappa shape index (κ3) is 2.80. The Hall–Kier alpha value is -3.16. The number of hydrogen-bond donors (Lipinski definition) is 1. The predicted molar refractivity (Wildman–Crippen MR) is 76.6 cm³/mol. The topological polar surface area (TPSA) is 88.1 Å². The molecule has 2 heterocycles. The zero-order valence-corrected chi connectivity index (χ0v) is 11.6. The van der Waals surface area contributed by atoms with E-state index in [9.17, 15) is 4.39 Å². The Balaban J connectivity index is 1.81. The molecule has 0 aliphatic heterocycles. The van der Waals surface area contributed by atoms with Gasteiger partial charge in [-0.1, -0.05) is 0 Å². The van der Waals surface area contributed by atoms with Gasteiger partial charge in [-0.25, -0.2) is 19.0 Å². The van der Waals surface area contributed by atoms with Gasteiger partial charge in [0, 0.05) is 24.0 Å². The Kier molecular flexibility index (Phi) is 3.57. The van der Waals surface area contributed by atoms with Crippen LogP contribution in [0.2, 0.25) is 0 Å². The summed E-state index contributed by atoms with van der Waals surface area (Å²) in [6.45, 7) is 0. The largest absolute Gasteiger partial charge is 0.467 e. The number of hydrogen-bond acceptors (Lipinski definition) is 6. The third-order valence-corrected chi connectivity index (χ3v) is 2.80. The average molecular weight is 301 g/mol. The van der Waals surface area contributed by atoms with Crippen molar-refractivity contribution in [1.82, 2.24) is 19.7 Å². The molecule has 8 heteroatoms. The van der Waals surface area contributed by atoms with Gasteiger partial charge in [-0.3, -0.25) is 0 Å². The van der Waals surface area contributed by atoms with E-state index in [-0.39, 0.29) is 17.6 Å². The number of rotatable bonds is 4. The van der Waals surface area contributed by atoms with E-state index in [0.29, 0.717) is 11.4 Å². The highest BCUT2D eigenvalue weighted by molar-refractivity contribution is 5.43. The maximum atomic E-state index is 13.7. The van der Waals surface area contributed by atoms with Crippen LogP contribution in [-0.2, 0) is 0 Å². The molecular weight excluding hydrogens is 289 g/mol. The number of halogens is 1. The van der Waals surface area contributed by atoms with Crippen molar-refractivity contribution in [2.45, 2.75) is 0 Å². The Morgan fingerprint density at radius 1 is 1.18 bits per heavy atom. The van der Waals surface area contributed by atoms with Crippen molar-refractivity contribution >= 4 is 5.69 Å². The molecule has 0 spiro atoms. The highest BCUT2D eigenvalue weighted by Gasteiger charge is 2.08. The summed E-state index contributed by atoms with van der Waals surface area (Å²) in [4.78, 5) is 7.96. The Morgan fingerprint density at radius 2 is 1.95 bits per heavy atom. The van der Waals surface area contributed by atoms with Crippen molar-refractivity contribution in [2.75, 3.05) is 12.8 Å². The molecule has 0 amide bonds. The van der Waals surface area contributed by atoms with Gasteiger partial charge in [-0.05, 0) is 12.1 Å². The number of benzene rings is 1. The monoisotopic (exact) mass is 301 g/mol. The molecule has 0 aliphatic carbocycles. The van der Waals surface area contributed by atoms with E-state index in [1.165, 1.54) is 23.9 Å². The molecular formula is C14H12FN5O2. The molecule has 0 saturated carbocycles. The number of anilines is 1. The smallest absolute Gasteiger partial charge is 0.316 e. The summed E-state index contributed by atoms with van der Waals surface area (Å²) >= 11 is 0. The van der Waals surface area contributed by atoms with Gasteiger partial charge in [0.15, 0.2) is 11.6 Å². The molecule has 0 saturated heterocycles. The van der Waals surface area contributed by atoms with Crippen LogP contribution in [0.5, 0.6) is 17.6 Å². The first-order valence-electron chi connectivity index (χ1n) is 6.30. The first-order chi connectivity index (χ1) is 10.7. The van der Waals surface area contributed by atoms with Gasteiger partial charge in [-0.2, -0.15) is 0 Å². The van der Waals surface area contributed by atoms with Crippen LogP contribution in [0.1, 0.15) is 0 Å². The number of nitrogens with two attached hydrogens (primary N) is 1. The second-order valence-corrected chi connectivity index (χ2v) is 4.32. The second kappa shape index (κ2) is 5.68. The summed E-state index contributed by atoms with van der Waals surface area (Å²) < 4.78 is 25.4. The lowest BCUT2D eigenvalue weighted by Crippen LogP contribution is -1.99. The molecule has 0 bridgehead atoms. The van der Waals surface area contributed by atoms with E-state index in [0.717, 1.165) is 0 Å². The molecule has 2 aromatic heterocycles. The van der Waals surface area contributed by atoms with Gasteiger partial charge < -0.3 is 15.2 Å². The minimum absolute atomic E-state index is 0.0467. The quantitative estimate of drug-likeness (QED) is 0.743. The van der Waals surface area contributed by atoms with E-state index >= 15 is 0 Å². The van der Waals surface area contributed by atoms with Crippen LogP contribution in [0.25, 0.3) is 5.69 Å². The molecule has 3 aromatic rings. The van der Waals surface area contributed by atoms with Crippen LogP contribution < -0.4 is 15.2 Å². The molecule has 112 valence electrons. The zero-order valence-electron chi connectivity index (χ0n) is 11.6. The lowest BCUT2D eigenvalue weighted by molar-refractivity contribution is 0.379. The van der Waals surface area contributed by atoms with Crippen LogP contribution in [0, 0.1) is 5.82 Å². The van der Waals surface area contributed by atoms with E-state index in [1.54, 1.807) is 30.7 Å². The van der Waals surface area contributed by atoms with E-state index in [4.69, 9.17) is 15.2 Å². The van der Waals surface area contributed by atoms with Crippen LogP contribution in [0.4, 0.5) is 10.1 Å². The fourth-order valence-electron chi connectivity index (χ4n) is 1.75. The van der Waals surface area contributed by atoms with Gasteiger partial charge in [0.25, 0.3) is 0 Å². The van der Waals surface area contributed by atoms with Crippen molar-refractivity contribution in [3.8, 4) is 23.3 Å². The Labute approximate surface area is 125 Å². The molecule has 3 rings (SSSR count). The summed E-state index contributed by atoms with van der Waals surface area (Å²) in [5, 5.41) is 4.17.